The van der Waals surface area contributed by atoms with Crippen LogP contribution in [0.5, 0.6) is 0 Å². The van der Waals surface area contributed by atoms with Crippen molar-refractivity contribution in [3.63, 3.8) is 0 Å². The number of likely N-dealkylation sites (N-methyl/N-ethyl adjacent to an activating group) is 1. The zero-order valence-electron chi connectivity index (χ0n) is 20.5. The van der Waals surface area contributed by atoms with E-state index < -0.39 is 0 Å². The molecule has 4 aromatic rings. The van der Waals surface area contributed by atoms with Crippen LogP contribution >= 0.6 is 11.3 Å². The van der Waals surface area contributed by atoms with Crippen molar-refractivity contribution in [2.75, 3.05) is 27.2 Å². The van der Waals surface area contributed by atoms with Gasteiger partial charge in [-0.05, 0) is 65.0 Å². The number of nitrogens with zero attached hydrogens (tertiary/aromatic N) is 5. The quantitative estimate of drug-likeness (QED) is 0.441. The third kappa shape index (κ3) is 4.53. The molecule has 0 atom stereocenters. The molecule has 0 saturated heterocycles. The van der Waals surface area contributed by atoms with Gasteiger partial charge in [0, 0.05) is 29.9 Å². The molecule has 0 spiro atoms. The summed E-state index contributed by atoms with van der Waals surface area (Å²) < 4.78 is 3.42. The third-order valence-corrected chi connectivity index (χ3v) is 6.87. The van der Waals surface area contributed by atoms with Crippen LogP contribution in [0.3, 0.4) is 0 Å². The number of fused-ring (bicyclic) bond motifs is 1. The predicted octanol–water partition coefficient (Wildman–Crippen LogP) is 3.06. The number of thiazole rings is 1. The lowest BCUT2D eigenvalue weighted by Crippen LogP contribution is -2.33. The summed E-state index contributed by atoms with van der Waals surface area (Å²) in [5, 5.41) is 9.53. The van der Waals surface area contributed by atoms with Crippen molar-refractivity contribution in [2.24, 2.45) is 0 Å². The zero-order valence-corrected chi connectivity index (χ0v) is 21.3. The Kier molecular flexibility index (Phi) is 6.67. The summed E-state index contributed by atoms with van der Waals surface area (Å²) in [5.74, 6) is -0.120. The van der Waals surface area contributed by atoms with Crippen LogP contribution < -0.4 is 10.9 Å². The molecule has 0 bridgehead atoms. The number of carbonyl (C=O) groups is 1. The highest BCUT2D eigenvalue weighted by Crippen LogP contribution is 2.25. The monoisotopic (exact) mass is 478 g/mol. The molecule has 1 aromatic carbocycles. The Bertz CT molecular complexity index is 1430. The maximum Gasteiger partial charge on any atom is 0.268 e. The molecule has 3 aromatic heterocycles. The lowest BCUT2D eigenvalue weighted by Gasteiger charge is -2.11. The van der Waals surface area contributed by atoms with E-state index in [0.29, 0.717) is 34.2 Å². The molecule has 0 saturated carbocycles. The van der Waals surface area contributed by atoms with Crippen molar-refractivity contribution < 1.29 is 4.79 Å². The highest BCUT2D eigenvalue weighted by molar-refractivity contribution is 7.15. The Hall–Kier alpha value is -3.30. The van der Waals surface area contributed by atoms with Crippen LogP contribution in [0, 0.1) is 27.7 Å². The van der Waals surface area contributed by atoms with E-state index in [4.69, 9.17) is 5.10 Å². The Morgan fingerprint density at radius 2 is 1.94 bits per heavy atom. The second-order valence-electron chi connectivity index (χ2n) is 8.85. The predicted molar refractivity (Wildman–Crippen MR) is 136 cm³/mol. The summed E-state index contributed by atoms with van der Waals surface area (Å²) in [6.07, 6.45) is 0.119. The van der Waals surface area contributed by atoms with Gasteiger partial charge in [-0.2, -0.15) is 5.10 Å². The Morgan fingerprint density at radius 3 is 2.68 bits per heavy atom. The van der Waals surface area contributed by atoms with Crippen molar-refractivity contribution in [2.45, 2.75) is 34.1 Å². The fourth-order valence-corrected chi connectivity index (χ4v) is 4.90. The van der Waals surface area contributed by atoms with E-state index in [9.17, 15) is 9.59 Å². The third-order valence-electron chi connectivity index (χ3n) is 5.99. The molecule has 1 N–H and O–H groups in total. The van der Waals surface area contributed by atoms with E-state index in [2.05, 4.69) is 30.2 Å². The average molecular weight is 479 g/mol. The van der Waals surface area contributed by atoms with E-state index in [1.165, 1.54) is 16.9 Å². The fraction of sp³-hybridized carbons (Fsp3) is 0.360. The molecule has 0 radical (unpaired) electrons. The van der Waals surface area contributed by atoms with Crippen molar-refractivity contribution >= 4 is 22.2 Å². The fourth-order valence-electron chi connectivity index (χ4n) is 3.98. The first-order valence-electron chi connectivity index (χ1n) is 11.2. The number of benzene rings is 1. The highest BCUT2D eigenvalue weighted by Gasteiger charge is 2.20. The largest absolute Gasteiger partial charge is 0.354 e. The van der Waals surface area contributed by atoms with Gasteiger partial charge < -0.3 is 10.2 Å². The normalized spacial score (nSPS) is 11.5. The number of hydrogen-bond acceptors (Lipinski definition) is 6. The van der Waals surface area contributed by atoms with Gasteiger partial charge in [0.1, 0.15) is 5.69 Å². The summed E-state index contributed by atoms with van der Waals surface area (Å²) in [5.41, 5.74) is 6.33. The maximum absolute atomic E-state index is 13.6. The summed E-state index contributed by atoms with van der Waals surface area (Å²) >= 11 is 1.36. The van der Waals surface area contributed by atoms with Crippen LogP contribution in [0.25, 0.3) is 21.9 Å². The summed E-state index contributed by atoms with van der Waals surface area (Å²) in [7, 11) is 3.91. The summed E-state index contributed by atoms with van der Waals surface area (Å²) in [6.45, 7) is 9.26. The van der Waals surface area contributed by atoms with E-state index in [1.807, 2.05) is 61.1 Å². The van der Waals surface area contributed by atoms with Gasteiger partial charge in [0.2, 0.25) is 5.91 Å². The molecular formula is C25H30N6O2S. The first kappa shape index (κ1) is 23.8. The van der Waals surface area contributed by atoms with Crippen LogP contribution in [-0.2, 0) is 11.2 Å². The van der Waals surface area contributed by atoms with Crippen molar-refractivity contribution in [3.05, 3.63) is 68.2 Å². The number of aromatic nitrogens is 4. The average Bonchev–Trinajstić information content (AvgIpc) is 3.33. The zero-order chi connectivity index (χ0) is 24.6. The van der Waals surface area contributed by atoms with Crippen LogP contribution in [0.4, 0.5) is 0 Å². The van der Waals surface area contributed by atoms with Crippen molar-refractivity contribution in [1.29, 1.82) is 0 Å². The molecule has 178 valence electrons. The second kappa shape index (κ2) is 9.52. The topological polar surface area (TPSA) is 84.5 Å². The summed E-state index contributed by atoms with van der Waals surface area (Å²) in [4.78, 5) is 33.3. The molecule has 0 aliphatic rings. The minimum Gasteiger partial charge on any atom is -0.354 e. The van der Waals surface area contributed by atoms with Crippen LogP contribution in [-0.4, -0.2) is 57.2 Å². The van der Waals surface area contributed by atoms with Gasteiger partial charge in [0.15, 0.2) is 4.96 Å². The van der Waals surface area contributed by atoms with Gasteiger partial charge in [-0.1, -0.05) is 12.1 Å². The van der Waals surface area contributed by atoms with Crippen LogP contribution in [0.15, 0.2) is 34.4 Å². The molecule has 8 nitrogen and oxygen atoms in total. The smallest absolute Gasteiger partial charge is 0.268 e. The minimum atomic E-state index is -0.203. The van der Waals surface area contributed by atoms with E-state index >= 15 is 0 Å². The van der Waals surface area contributed by atoms with Crippen LogP contribution in [0.2, 0.25) is 0 Å². The number of rotatable bonds is 7. The molecular weight excluding hydrogens is 448 g/mol. The number of nitrogens with one attached hydrogen (secondary N) is 1. The Balaban J connectivity index is 1.73. The van der Waals surface area contributed by atoms with Crippen molar-refractivity contribution in [3.8, 4) is 16.9 Å². The first-order valence-corrected chi connectivity index (χ1v) is 12.1. The highest BCUT2D eigenvalue weighted by atomic mass is 32.1. The van der Waals surface area contributed by atoms with Gasteiger partial charge in [-0.3, -0.25) is 14.0 Å². The lowest BCUT2D eigenvalue weighted by atomic mass is 10.1. The summed E-state index contributed by atoms with van der Waals surface area (Å²) in [6, 6.07) is 8.02. The van der Waals surface area contributed by atoms with E-state index in [1.54, 1.807) is 4.40 Å². The molecule has 1 amide bonds. The number of amides is 1. The Labute approximate surface area is 202 Å². The molecule has 3 heterocycles. The Morgan fingerprint density at radius 1 is 1.18 bits per heavy atom. The molecule has 4 rings (SSSR count). The number of hydrogen-bond donors (Lipinski definition) is 1. The van der Waals surface area contributed by atoms with Gasteiger partial charge in [-0.15, -0.1) is 11.3 Å². The standard InChI is InChI=1S/C25H30N6O2S/c1-15-8-7-9-21(17(15)3)31-16(2)12-20(28-31)23-18(4)27-25-30(24(23)33)19(14-34-25)13-22(32)26-10-11-29(5)6/h7-9,12,14H,10-11,13H2,1-6H3,(H,26,32). The number of carbonyl (C=O) groups excluding carboxylic acids is 1. The van der Waals surface area contributed by atoms with E-state index in [-0.39, 0.29) is 17.9 Å². The minimum absolute atomic E-state index is 0.119. The second-order valence-corrected chi connectivity index (χ2v) is 9.69. The molecule has 9 heteroatoms. The number of aryl methyl sites for hydroxylation is 3. The molecule has 0 fully saturated rings. The molecule has 0 unspecified atom stereocenters. The molecule has 0 aliphatic heterocycles. The van der Waals surface area contributed by atoms with Gasteiger partial charge >= 0.3 is 0 Å². The van der Waals surface area contributed by atoms with Gasteiger partial charge in [-0.25, -0.2) is 9.67 Å². The first-order chi connectivity index (χ1) is 16.2. The van der Waals surface area contributed by atoms with Gasteiger partial charge in [0.05, 0.1) is 23.4 Å². The lowest BCUT2D eigenvalue weighted by molar-refractivity contribution is -0.120. The SMILES string of the molecule is Cc1cccc(-n2nc(-c3c(C)nc4scc(CC(=O)NCCN(C)C)n4c3=O)cc2C)c1C. The van der Waals surface area contributed by atoms with Crippen LogP contribution in [0.1, 0.15) is 28.2 Å². The molecule has 0 aliphatic carbocycles. The van der Waals surface area contributed by atoms with E-state index in [0.717, 1.165) is 23.5 Å². The van der Waals surface area contributed by atoms with Gasteiger partial charge in [0.25, 0.3) is 5.56 Å². The maximum atomic E-state index is 13.6. The molecule has 34 heavy (non-hydrogen) atoms. The van der Waals surface area contributed by atoms with Crippen molar-refractivity contribution in [1.82, 2.24) is 29.4 Å².